The Morgan fingerprint density at radius 3 is 2.41 bits per heavy atom. The molecule has 0 saturated carbocycles. The molecule has 0 amide bonds. The second-order valence-electron chi connectivity index (χ2n) is 6.30. The van der Waals surface area contributed by atoms with Gasteiger partial charge < -0.3 is 15.0 Å². The minimum absolute atomic E-state index is 0.0617. The monoisotopic (exact) mass is 431 g/mol. The summed E-state index contributed by atoms with van der Waals surface area (Å²) >= 11 is 0. The molecule has 2 heterocycles. The number of benzene rings is 1. The zero-order chi connectivity index (χ0) is 20.9. The molecule has 12 heteroatoms. The predicted molar refractivity (Wildman–Crippen MR) is 100 cm³/mol. The molecule has 1 saturated heterocycles. The molecule has 2 aromatic rings. The van der Waals surface area contributed by atoms with Crippen molar-refractivity contribution in [2.75, 3.05) is 36.4 Å². The van der Waals surface area contributed by atoms with Crippen molar-refractivity contribution in [1.29, 1.82) is 0 Å². The molecule has 1 fully saturated rings. The van der Waals surface area contributed by atoms with Gasteiger partial charge >= 0.3 is 6.36 Å². The van der Waals surface area contributed by atoms with E-state index in [1.807, 2.05) is 0 Å². The molecule has 2 N–H and O–H groups in total. The fraction of sp³-hybridized carbons (Fsp3) is 0.412. The van der Waals surface area contributed by atoms with Crippen LogP contribution in [-0.4, -0.2) is 50.9 Å². The first-order valence-electron chi connectivity index (χ1n) is 8.89. The van der Waals surface area contributed by atoms with Crippen molar-refractivity contribution in [3.05, 3.63) is 36.7 Å². The molecule has 1 aromatic carbocycles. The van der Waals surface area contributed by atoms with E-state index in [1.165, 1.54) is 6.33 Å². The largest absolute Gasteiger partial charge is 0.573 e. The highest BCUT2D eigenvalue weighted by molar-refractivity contribution is 7.89. The van der Waals surface area contributed by atoms with E-state index in [4.69, 9.17) is 0 Å². The van der Waals surface area contributed by atoms with Crippen LogP contribution in [0.4, 0.5) is 24.8 Å². The van der Waals surface area contributed by atoms with Gasteiger partial charge in [-0.05, 0) is 37.1 Å². The van der Waals surface area contributed by atoms with Crippen LogP contribution >= 0.6 is 0 Å². The number of alkyl halides is 3. The van der Waals surface area contributed by atoms with Crippen LogP contribution in [0.3, 0.4) is 0 Å². The minimum atomic E-state index is -4.83. The Morgan fingerprint density at radius 2 is 1.76 bits per heavy atom. The van der Waals surface area contributed by atoms with E-state index in [0.717, 1.165) is 56.0 Å². The minimum Gasteiger partial charge on any atom is -0.406 e. The summed E-state index contributed by atoms with van der Waals surface area (Å²) in [7, 11) is -3.86. The molecule has 0 spiro atoms. The maximum Gasteiger partial charge on any atom is 0.573 e. The van der Waals surface area contributed by atoms with Crippen molar-refractivity contribution in [3.8, 4) is 5.75 Å². The molecule has 0 unspecified atom stereocenters. The third-order valence-corrected chi connectivity index (χ3v) is 5.65. The lowest BCUT2D eigenvalue weighted by Gasteiger charge is -2.16. The predicted octanol–water partition coefficient (Wildman–Crippen LogP) is 2.37. The molecule has 158 valence electrons. The summed E-state index contributed by atoms with van der Waals surface area (Å²) in [5, 5.41) is 3.02. The van der Waals surface area contributed by atoms with Crippen LogP contribution in [0.15, 0.2) is 41.6 Å². The second-order valence-corrected chi connectivity index (χ2v) is 8.07. The lowest BCUT2D eigenvalue weighted by atomic mass is 10.3. The van der Waals surface area contributed by atoms with Crippen LogP contribution in [0.5, 0.6) is 5.75 Å². The Hall–Kier alpha value is -2.60. The van der Waals surface area contributed by atoms with Crippen molar-refractivity contribution in [1.82, 2.24) is 14.7 Å². The van der Waals surface area contributed by atoms with Crippen LogP contribution < -0.4 is 19.7 Å². The van der Waals surface area contributed by atoms with Gasteiger partial charge in [0.2, 0.25) is 10.0 Å². The number of aromatic nitrogens is 2. The van der Waals surface area contributed by atoms with E-state index in [9.17, 15) is 21.6 Å². The number of sulfonamides is 1. The van der Waals surface area contributed by atoms with Crippen molar-refractivity contribution in [2.45, 2.75) is 24.1 Å². The number of hydrogen-bond donors (Lipinski definition) is 2. The van der Waals surface area contributed by atoms with Crippen LogP contribution in [0, 0.1) is 0 Å². The zero-order valence-electron chi connectivity index (χ0n) is 15.3. The molecule has 0 atom stereocenters. The van der Waals surface area contributed by atoms with Crippen LogP contribution in [-0.2, 0) is 10.0 Å². The molecule has 1 aromatic heterocycles. The summed E-state index contributed by atoms with van der Waals surface area (Å²) in [6, 6.07) is 5.79. The van der Waals surface area contributed by atoms with Gasteiger partial charge in [0.1, 0.15) is 23.7 Å². The van der Waals surface area contributed by atoms with Crippen molar-refractivity contribution >= 4 is 21.7 Å². The normalized spacial score (nSPS) is 14.8. The van der Waals surface area contributed by atoms with Crippen LogP contribution in [0.25, 0.3) is 0 Å². The molecular weight excluding hydrogens is 411 g/mol. The van der Waals surface area contributed by atoms with Gasteiger partial charge in [0.25, 0.3) is 0 Å². The third-order valence-electron chi connectivity index (χ3n) is 4.17. The number of rotatable bonds is 8. The molecule has 8 nitrogen and oxygen atoms in total. The Balaban J connectivity index is 1.50. The van der Waals surface area contributed by atoms with Gasteiger partial charge in [-0.3, -0.25) is 0 Å². The first kappa shape index (κ1) is 21.1. The molecule has 29 heavy (non-hydrogen) atoms. The molecule has 3 rings (SSSR count). The Bertz CT molecular complexity index is 917. The number of nitrogens with one attached hydrogen (secondary N) is 2. The summed E-state index contributed by atoms with van der Waals surface area (Å²) in [6.45, 7) is 2.23. The van der Waals surface area contributed by atoms with Gasteiger partial charge in [0.05, 0.1) is 4.90 Å². The fourth-order valence-electron chi connectivity index (χ4n) is 2.84. The number of halogens is 3. The average molecular weight is 431 g/mol. The van der Waals surface area contributed by atoms with Gasteiger partial charge in [0, 0.05) is 32.2 Å². The number of anilines is 2. The Kier molecular flexibility index (Phi) is 6.42. The fourth-order valence-corrected chi connectivity index (χ4v) is 3.87. The lowest BCUT2D eigenvalue weighted by molar-refractivity contribution is -0.274. The highest BCUT2D eigenvalue weighted by Crippen LogP contribution is 2.24. The van der Waals surface area contributed by atoms with E-state index in [-0.39, 0.29) is 18.0 Å². The Morgan fingerprint density at radius 1 is 1.07 bits per heavy atom. The van der Waals surface area contributed by atoms with Gasteiger partial charge in [-0.15, -0.1) is 13.2 Å². The number of nitrogens with zero attached hydrogens (tertiary/aromatic N) is 3. The van der Waals surface area contributed by atoms with Crippen LogP contribution in [0.1, 0.15) is 12.8 Å². The first-order chi connectivity index (χ1) is 13.7. The zero-order valence-corrected chi connectivity index (χ0v) is 16.1. The van der Waals surface area contributed by atoms with E-state index < -0.39 is 22.1 Å². The summed E-state index contributed by atoms with van der Waals surface area (Å²) in [5.41, 5.74) is 0. The van der Waals surface area contributed by atoms with Crippen molar-refractivity contribution in [2.24, 2.45) is 0 Å². The summed E-state index contributed by atoms with van der Waals surface area (Å²) < 4.78 is 67.1. The Labute approximate surface area is 166 Å². The quantitative estimate of drug-likeness (QED) is 0.620. The van der Waals surface area contributed by atoms with Crippen molar-refractivity contribution < 1.29 is 26.3 Å². The highest BCUT2D eigenvalue weighted by Gasteiger charge is 2.31. The number of ether oxygens (including phenoxy) is 1. The third kappa shape index (κ3) is 6.19. The molecule has 1 aliphatic rings. The van der Waals surface area contributed by atoms with E-state index in [0.29, 0.717) is 5.82 Å². The standard InChI is InChI=1S/C17H20F3N5O3S/c18-17(19,20)28-13-3-5-14(6-4-13)29(26,27)24-8-7-21-15-11-16(23-12-22-15)25-9-1-2-10-25/h3-6,11-12,24H,1-2,7-10H2,(H,21,22,23). The summed E-state index contributed by atoms with van der Waals surface area (Å²) in [6.07, 6.45) is -1.14. The van der Waals surface area contributed by atoms with Gasteiger partial charge in [-0.2, -0.15) is 0 Å². The molecule has 0 aliphatic carbocycles. The smallest absolute Gasteiger partial charge is 0.406 e. The first-order valence-corrected chi connectivity index (χ1v) is 10.4. The average Bonchev–Trinajstić information content (AvgIpc) is 3.20. The lowest BCUT2D eigenvalue weighted by Crippen LogP contribution is -2.29. The van der Waals surface area contributed by atoms with Gasteiger partial charge in [-0.25, -0.2) is 23.1 Å². The molecular formula is C17H20F3N5O3S. The maximum absolute atomic E-state index is 12.2. The van der Waals surface area contributed by atoms with Crippen molar-refractivity contribution in [3.63, 3.8) is 0 Å². The second kappa shape index (κ2) is 8.82. The molecule has 0 bridgehead atoms. The summed E-state index contributed by atoms with van der Waals surface area (Å²) in [5.74, 6) is 0.909. The molecule has 1 aliphatic heterocycles. The van der Waals surface area contributed by atoms with E-state index in [1.54, 1.807) is 6.07 Å². The maximum atomic E-state index is 12.2. The highest BCUT2D eigenvalue weighted by atomic mass is 32.2. The topological polar surface area (TPSA) is 96.5 Å². The SMILES string of the molecule is O=S(=O)(NCCNc1cc(N2CCCC2)ncn1)c1ccc(OC(F)(F)F)cc1. The van der Waals surface area contributed by atoms with E-state index in [2.05, 4.69) is 29.6 Å². The van der Waals surface area contributed by atoms with Gasteiger partial charge in [-0.1, -0.05) is 0 Å². The number of hydrogen-bond acceptors (Lipinski definition) is 7. The molecule has 0 radical (unpaired) electrons. The van der Waals surface area contributed by atoms with E-state index >= 15 is 0 Å². The van der Waals surface area contributed by atoms with Gasteiger partial charge in [0.15, 0.2) is 0 Å². The summed E-state index contributed by atoms with van der Waals surface area (Å²) in [4.78, 5) is 10.3. The van der Waals surface area contributed by atoms with Crippen LogP contribution in [0.2, 0.25) is 0 Å².